The van der Waals surface area contributed by atoms with Crippen LogP contribution in [0, 0.1) is 13.8 Å². The quantitative estimate of drug-likeness (QED) is 0.553. The topological polar surface area (TPSA) is 84.5 Å². The van der Waals surface area contributed by atoms with Crippen LogP contribution in [0.2, 0.25) is 0 Å². The molecular weight excluding hydrogens is 412 g/mol. The van der Waals surface area contributed by atoms with Crippen LogP contribution in [-0.4, -0.2) is 21.4 Å². The second kappa shape index (κ2) is 9.76. The standard InChI is InChI=1S/C24H26N2O4S/c1-17-11-12-21(31(28,29)26-23-10-5-4-7-18(23)2)14-22(17)24(27)25-15-19-8-6-9-20(13-19)16-30-3/h4-14,26H,15-16H2,1-3H3,(H,25,27). The number of anilines is 1. The first-order chi connectivity index (χ1) is 14.8. The van der Waals surface area contributed by atoms with E-state index in [4.69, 9.17) is 4.74 Å². The summed E-state index contributed by atoms with van der Waals surface area (Å²) in [4.78, 5) is 12.8. The van der Waals surface area contributed by atoms with E-state index in [0.717, 1.165) is 16.7 Å². The van der Waals surface area contributed by atoms with Crippen molar-refractivity contribution in [2.24, 2.45) is 0 Å². The molecule has 162 valence electrons. The molecule has 0 bridgehead atoms. The number of aryl methyl sites for hydroxylation is 2. The van der Waals surface area contributed by atoms with E-state index >= 15 is 0 Å². The summed E-state index contributed by atoms with van der Waals surface area (Å²) in [6.07, 6.45) is 0. The molecule has 0 unspecified atom stereocenters. The lowest BCUT2D eigenvalue weighted by molar-refractivity contribution is 0.0950. The van der Waals surface area contributed by atoms with Crippen molar-refractivity contribution in [3.05, 3.63) is 94.5 Å². The Balaban J connectivity index is 1.78. The Bertz CT molecular complexity index is 1190. The second-order valence-corrected chi connectivity index (χ2v) is 9.02. The molecule has 3 aromatic rings. The highest BCUT2D eigenvalue weighted by Crippen LogP contribution is 2.21. The molecule has 0 aliphatic rings. The van der Waals surface area contributed by atoms with Gasteiger partial charge >= 0.3 is 0 Å². The van der Waals surface area contributed by atoms with Gasteiger partial charge in [0.2, 0.25) is 0 Å². The minimum absolute atomic E-state index is 0.0357. The van der Waals surface area contributed by atoms with Crippen LogP contribution < -0.4 is 10.0 Å². The molecule has 0 aliphatic heterocycles. The summed E-state index contributed by atoms with van der Waals surface area (Å²) in [6.45, 7) is 4.43. The third-order valence-electron chi connectivity index (χ3n) is 4.91. The van der Waals surface area contributed by atoms with Gasteiger partial charge in [0.25, 0.3) is 15.9 Å². The molecular formula is C24H26N2O4S. The second-order valence-electron chi connectivity index (χ2n) is 7.33. The number of hydrogen-bond acceptors (Lipinski definition) is 4. The maximum atomic E-state index is 12.9. The Morgan fingerprint density at radius 2 is 1.65 bits per heavy atom. The third-order valence-corrected chi connectivity index (χ3v) is 6.27. The Hall–Kier alpha value is -3.16. The molecule has 0 spiro atoms. The van der Waals surface area contributed by atoms with Gasteiger partial charge in [0.1, 0.15) is 0 Å². The van der Waals surface area contributed by atoms with Gasteiger partial charge in [-0.25, -0.2) is 8.42 Å². The van der Waals surface area contributed by atoms with Crippen molar-refractivity contribution in [1.29, 1.82) is 0 Å². The number of sulfonamides is 1. The van der Waals surface area contributed by atoms with E-state index < -0.39 is 10.0 Å². The third kappa shape index (κ3) is 5.71. The summed E-state index contributed by atoms with van der Waals surface area (Å²) < 4.78 is 33.5. The van der Waals surface area contributed by atoms with Crippen molar-refractivity contribution in [3.63, 3.8) is 0 Å². The zero-order valence-electron chi connectivity index (χ0n) is 17.8. The number of para-hydroxylation sites is 1. The van der Waals surface area contributed by atoms with E-state index in [-0.39, 0.29) is 10.8 Å². The summed E-state index contributed by atoms with van der Waals surface area (Å²) >= 11 is 0. The van der Waals surface area contributed by atoms with Crippen LogP contribution in [0.3, 0.4) is 0 Å². The maximum Gasteiger partial charge on any atom is 0.261 e. The Morgan fingerprint density at radius 3 is 2.39 bits per heavy atom. The highest BCUT2D eigenvalue weighted by atomic mass is 32.2. The molecule has 1 amide bonds. The average Bonchev–Trinajstić information content (AvgIpc) is 2.74. The zero-order chi connectivity index (χ0) is 22.4. The number of carbonyl (C=O) groups is 1. The largest absolute Gasteiger partial charge is 0.380 e. The molecule has 0 heterocycles. The lowest BCUT2D eigenvalue weighted by Crippen LogP contribution is -2.24. The van der Waals surface area contributed by atoms with E-state index in [0.29, 0.717) is 30.0 Å². The number of benzene rings is 3. The first-order valence-electron chi connectivity index (χ1n) is 9.84. The molecule has 7 heteroatoms. The normalized spacial score (nSPS) is 11.2. The van der Waals surface area contributed by atoms with Crippen molar-refractivity contribution in [1.82, 2.24) is 5.32 Å². The van der Waals surface area contributed by atoms with E-state index in [1.54, 1.807) is 32.2 Å². The van der Waals surface area contributed by atoms with Crippen LogP contribution in [0.4, 0.5) is 5.69 Å². The smallest absolute Gasteiger partial charge is 0.261 e. The number of carbonyl (C=O) groups excluding carboxylic acids is 1. The SMILES string of the molecule is COCc1cccc(CNC(=O)c2cc(S(=O)(=O)Nc3ccccc3C)ccc2C)c1. The predicted molar refractivity (Wildman–Crippen MR) is 121 cm³/mol. The number of ether oxygens (including phenoxy) is 1. The van der Waals surface area contributed by atoms with Gasteiger partial charge in [-0.2, -0.15) is 0 Å². The molecule has 0 saturated carbocycles. The first kappa shape index (κ1) is 22.5. The molecule has 31 heavy (non-hydrogen) atoms. The molecule has 3 aromatic carbocycles. The fraction of sp³-hybridized carbons (Fsp3) is 0.208. The Morgan fingerprint density at radius 1 is 0.903 bits per heavy atom. The van der Waals surface area contributed by atoms with E-state index in [2.05, 4.69) is 10.0 Å². The van der Waals surface area contributed by atoms with Gasteiger partial charge in [-0.3, -0.25) is 9.52 Å². The monoisotopic (exact) mass is 438 g/mol. The van der Waals surface area contributed by atoms with E-state index in [1.165, 1.54) is 12.1 Å². The van der Waals surface area contributed by atoms with Gasteiger partial charge in [0, 0.05) is 19.2 Å². The van der Waals surface area contributed by atoms with Gasteiger partial charge < -0.3 is 10.1 Å². The molecule has 0 saturated heterocycles. The molecule has 0 aliphatic carbocycles. The number of amides is 1. The molecule has 2 N–H and O–H groups in total. The van der Waals surface area contributed by atoms with Gasteiger partial charge in [0.15, 0.2) is 0 Å². The number of nitrogens with one attached hydrogen (secondary N) is 2. The fourth-order valence-electron chi connectivity index (χ4n) is 3.18. The molecule has 0 aromatic heterocycles. The predicted octanol–water partition coefficient (Wildman–Crippen LogP) is 4.18. The summed E-state index contributed by atoms with van der Waals surface area (Å²) in [7, 11) is -2.20. The summed E-state index contributed by atoms with van der Waals surface area (Å²) in [6, 6.07) is 19.4. The van der Waals surface area contributed by atoms with E-state index in [1.807, 2.05) is 43.3 Å². The number of hydrogen-bond donors (Lipinski definition) is 2. The highest BCUT2D eigenvalue weighted by Gasteiger charge is 2.19. The van der Waals surface area contributed by atoms with Crippen molar-refractivity contribution in [2.75, 3.05) is 11.8 Å². The van der Waals surface area contributed by atoms with Crippen molar-refractivity contribution >= 4 is 21.6 Å². The van der Waals surface area contributed by atoms with Crippen LogP contribution in [0.25, 0.3) is 0 Å². The van der Waals surface area contributed by atoms with Crippen LogP contribution in [0.5, 0.6) is 0 Å². The highest BCUT2D eigenvalue weighted by molar-refractivity contribution is 7.92. The number of rotatable bonds is 8. The van der Waals surface area contributed by atoms with Gasteiger partial charge in [-0.05, 0) is 54.3 Å². The van der Waals surface area contributed by atoms with Crippen molar-refractivity contribution in [3.8, 4) is 0 Å². The van der Waals surface area contributed by atoms with Crippen LogP contribution >= 0.6 is 0 Å². The van der Waals surface area contributed by atoms with Gasteiger partial charge in [-0.15, -0.1) is 0 Å². The average molecular weight is 439 g/mol. The summed E-state index contributed by atoms with van der Waals surface area (Å²) in [5, 5.41) is 2.87. The minimum Gasteiger partial charge on any atom is -0.380 e. The van der Waals surface area contributed by atoms with Crippen LogP contribution in [0.15, 0.2) is 71.6 Å². The lowest BCUT2D eigenvalue weighted by Gasteiger charge is -2.13. The maximum absolute atomic E-state index is 12.9. The summed E-state index contributed by atoms with van der Waals surface area (Å²) in [5.74, 6) is -0.331. The molecule has 0 radical (unpaired) electrons. The Labute approximate surface area is 183 Å². The first-order valence-corrected chi connectivity index (χ1v) is 11.3. The Kier molecular flexibility index (Phi) is 7.09. The van der Waals surface area contributed by atoms with Crippen LogP contribution in [-0.2, 0) is 27.9 Å². The molecule has 0 atom stereocenters. The van der Waals surface area contributed by atoms with Crippen molar-refractivity contribution < 1.29 is 17.9 Å². The van der Waals surface area contributed by atoms with Crippen LogP contribution in [0.1, 0.15) is 32.6 Å². The minimum atomic E-state index is -3.83. The van der Waals surface area contributed by atoms with Gasteiger partial charge in [-0.1, -0.05) is 48.5 Å². The van der Waals surface area contributed by atoms with Crippen molar-refractivity contribution in [2.45, 2.75) is 31.9 Å². The molecule has 3 rings (SSSR count). The molecule has 6 nitrogen and oxygen atoms in total. The molecule has 0 fully saturated rings. The zero-order valence-corrected chi connectivity index (χ0v) is 18.6. The fourth-order valence-corrected chi connectivity index (χ4v) is 4.33. The number of methoxy groups -OCH3 is 1. The summed E-state index contributed by atoms with van der Waals surface area (Å²) in [5.41, 5.74) is 4.28. The van der Waals surface area contributed by atoms with Gasteiger partial charge in [0.05, 0.1) is 17.2 Å². The van der Waals surface area contributed by atoms with E-state index in [9.17, 15) is 13.2 Å². The lowest BCUT2D eigenvalue weighted by atomic mass is 10.1.